The number of benzene rings is 2. The molecule has 0 unspecified atom stereocenters. The van der Waals surface area contributed by atoms with Gasteiger partial charge in [-0.3, -0.25) is 4.79 Å². The van der Waals surface area contributed by atoms with Crippen LogP contribution in [-0.4, -0.2) is 29.7 Å². The molecule has 170 valence electrons. The van der Waals surface area contributed by atoms with Crippen LogP contribution in [0.15, 0.2) is 73.3 Å². The average Bonchev–Trinajstić information content (AvgIpc) is 3.42. The Morgan fingerprint density at radius 2 is 1.71 bits per heavy atom. The van der Waals surface area contributed by atoms with Crippen molar-refractivity contribution in [2.24, 2.45) is 0 Å². The minimum absolute atomic E-state index is 0.133. The highest BCUT2D eigenvalue weighted by Crippen LogP contribution is 2.27. The highest BCUT2D eigenvalue weighted by atomic mass is 35.5. The van der Waals surface area contributed by atoms with Gasteiger partial charge in [0.25, 0.3) is 0 Å². The van der Waals surface area contributed by atoms with E-state index >= 15 is 0 Å². The predicted molar refractivity (Wildman–Crippen MR) is 137 cm³/mol. The average molecular weight is 470 g/mol. The van der Waals surface area contributed by atoms with Gasteiger partial charge in [0.05, 0.1) is 34.5 Å². The number of hydrogen-bond acceptors (Lipinski definition) is 3. The van der Waals surface area contributed by atoms with E-state index in [0.29, 0.717) is 29.5 Å². The minimum Gasteiger partial charge on any atom is -0.320 e. The largest absolute Gasteiger partial charge is 0.320 e. The first kappa shape index (κ1) is 21.9. The van der Waals surface area contributed by atoms with Crippen molar-refractivity contribution in [3.05, 3.63) is 107 Å². The smallest absolute Gasteiger partial charge is 0.191 e. The third-order valence-corrected chi connectivity index (χ3v) is 6.34. The molecule has 5 aromatic rings. The van der Waals surface area contributed by atoms with E-state index in [1.165, 1.54) is 0 Å². The van der Waals surface area contributed by atoms with E-state index in [0.717, 1.165) is 33.5 Å². The number of allylic oxidation sites excluding steroid dienone is 2. The third kappa shape index (κ3) is 3.66. The standard InChI is InChI=1S/C27H24ClN5O/c1-4-16-31-22-12-8-9-13-23(22)33-27(31)25(19(3)30-33)24(34)15-14-21-18(2)29-32(26(21)28)17-20-10-6-5-7-11-20/h4-15H,1,16-17H2,2-3H3/b15-14+. The molecule has 3 aromatic heterocycles. The van der Waals surface area contributed by atoms with Crippen molar-refractivity contribution in [3.8, 4) is 0 Å². The molecule has 0 saturated carbocycles. The lowest BCUT2D eigenvalue weighted by Crippen LogP contribution is -2.02. The Hall–Kier alpha value is -3.90. The maximum atomic E-state index is 13.4. The quantitative estimate of drug-likeness (QED) is 0.170. The molecule has 0 amide bonds. The van der Waals surface area contributed by atoms with Gasteiger partial charge in [0.15, 0.2) is 5.78 Å². The Morgan fingerprint density at radius 3 is 2.44 bits per heavy atom. The third-order valence-electron chi connectivity index (χ3n) is 5.94. The SMILES string of the molecule is C=CCn1c2ccccc2n2nc(C)c(C(=O)/C=C/c3c(C)nn(Cc4ccccc4)c3Cl)c12. The second-order valence-corrected chi connectivity index (χ2v) is 8.57. The Morgan fingerprint density at radius 1 is 1.00 bits per heavy atom. The first-order chi connectivity index (χ1) is 16.5. The van der Waals surface area contributed by atoms with Crippen molar-refractivity contribution in [2.75, 3.05) is 0 Å². The fraction of sp³-hybridized carbons (Fsp3) is 0.148. The number of aryl methyl sites for hydroxylation is 2. The summed E-state index contributed by atoms with van der Waals surface area (Å²) < 4.78 is 5.66. The zero-order valence-electron chi connectivity index (χ0n) is 19.1. The van der Waals surface area contributed by atoms with Crippen LogP contribution in [0.4, 0.5) is 0 Å². The lowest BCUT2D eigenvalue weighted by atomic mass is 10.1. The summed E-state index contributed by atoms with van der Waals surface area (Å²) in [5.41, 5.74) is 6.56. The van der Waals surface area contributed by atoms with Crippen LogP contribution in [0.1, 0.15) is 32.9 Å². The summed E-state index contributed by atoms with van der Waals surface area (Å²) in [7, 11) is 0. The molecule has 0 aliphatic rings. The minimum atomic E-state index is -0.133. The molecule has 3 heterocycles. The highest BCUT2D eigenvalue weighted by Gasteiger charge is 2.22. The van der Waals surface area contributed by atoms with E-state index in [4.69, 9.17) is 11.6 Å². The van der Waals surface area contributed by atoms with Crippen LogP contribution in [0.3, 0.4) is 0 Å². The Balaban J connectivity index is 1.53. The van der Waals surface area contributed by atoms with Gasteiger partial charge in [-0.25, -0.2) is 9.20 Å². The maximum Gasteiger partial charge on any atom is 0.191 e. The summed E-state index contributed by atoms with van der Waals surface area (Å²) in [4.78, 5) is 13.4. The van der Waals surface area contributed by atoms with Crippen molar-refractivity contribution < 1.29 is 4.79 Å². The predicted octanol–water partition coefficient (Wildman–Crippen LogP) is 5.89. The number of fused-ring (bicyclic) bond motifs is 3. The molecule has 0 radical (unpaired) electrons. The van der Waals surface area contributed by atoms with Crippen molar-refractivity contribution in [3.63, 3.8) is 0 Å². The summed E-state index contributed by atoms with van der Waals surface area (Å²) >= 11 is 6.64. The van der Waals surface area contributed by atoms with Crippen LogP contribution in [0, 0.1) is 13.8 Å². The van der Waals surface area contributed by atoms with Crippen LogP contribution in [-0.2, 0) is 13.1 Å². The van der Waals surface area contributed by atoms with E-state index in [1.807, 2.05) is 79.0 Å². The number of nitrogens with zero attached hydrogens (tertiary/aromatic N) is 5. The fourth-order valence-electron chi connectivity index (χ4n) is 4.38. The summed E-state index contributed by atoms with van der Waals surface area (Å²) in [5.74, 6) is -0.133. The van der Waals surface area contributed by atoms with E-state index in [-0.39, 0.29) is 5.78 Å². The molecule has 0 atom stereocenters. The molecule has 0 N–H and O–H groups in total. The molecule has 0 spiro atoms. The van der Waals surface area contributed by atoms with Crippen molar-refractivity contribution in [1.82, 2.24) is 24.0 Å². The highest BCUT2D eigenvalue weighted by molar-refractivity contribution is 6.31. The number of hydrogen-bond donors (Lipinski definition) is 0. The molecule has 34 heavy (non-hydrogen) atoms. The number of carbonyl (C=O) groups is 1. The van der Waals surface area contributed by atoms with Gasteiger partial charge in [-0.05, 0) is 43.7 Å². The summed E-state index contributed by atoms with van der Waals surface area (Å²) in [6.45, 7) is 8.77. The number of halogens is 1. The topological polar surface area (TPSA) is 57.1 Å². The lowest BCUT2D eigenvalue weighted by molar-refractivity contribution is 0.104. The molecule has 0 saturated heterocycles. The van der Waals surface area contributed by atoms with Crippen LogP contribution >= 0.6 is 11.6 Å². The van der Waals surface area contributed by atoms with Crippen molar-refractivity contribution in [2.45, 2.75) is 26.9 Å². The van der Waals surface area contributed by atoms with Gasteiger partial charge in [0.1, 0.15) is 10.8 Å². The molecular formula is C27H24ClN5O. The Labute approximate surface area is 202 Å². The lowest BCUT2D eigenvalue weighted by Gasteiger charge is -2.04. The van der Waals surface area contributed by atoms with Gasteiger partial charge in [0.2, 0.25) is 0 Å². The van der Waals surface area contributed by atoms with E-state index in [9.17, 15) is 4.79 Å². The van der Waals surface area contributed by atoms with Crippen LogP contribution < -0.4 is 0 Å². The number of carbonyl (C=O) groups excluding carboxylic acids is 1. The molecule has 0 aliphatic heterocycles. The number of aromatic nitrogens is 5. The first-order valence-electron chi connectivity index (χ1n) is 11.1. The van der Waals surface area contributed by atoms with E-state index in [2.05, 4.69) is 21.3 Å². The molecule has 7 heteroatoms. The van der Waals surface area contributed by atoms with Crippen LogP contribution in [0.25, 0.3) is 22.8 Å². The van der Waals surface area contributed by atoms with Crippen LogP contribution in [0.5, 0.6) is 0 Å². The van der Waals surface area contributed by atoms with Gasteiger partial charge in [-0.2, -0.15) is 10.2 Å². The van der Waals surface area contributed by atoms with Gasteiger partial charge in [0, 0.05) is 12.1 Å². The number of imidazole rings is 1. The summed E-state index contributed by atoms with van der Waals surface area (Å²) in [6, 6.07) is 18.0. The Kier molecular flexibility index (Phi) is 5.67. The molecular weight excluding hydrogens is 446 g/mol. The summed E-state index contributed by atoms with van der Waals surface area (Å²) in [6.07, 6.45) is 5.13. The fourth-order valence-corrected chi connectivity index (χ4v) is 4.68. The maximum absolute atomic E-state index is 13.4. The number of rotatable bonds is 7. The zero-order valence-corrected chi connectivity index (χ0v) is 19.8. The Bertz CT molecular complexity index is 1570. The number of ketones is 1. The summed E-state index contributed by atoms with van der Waals surface area (Å²) in [5, 5.41) is 9.74. The van der Waals surface area contributed by atoms with Crippen molar-refractivity contribution in [1.29, 1.82) is 0 Å². The van der Waals surface area contributed by atoms with Gasteiger partial charge >= 0.3 is 0 Å². The molecule has 5 rings (SSSR count). The molecule has 0 fully saturated rings. The monoisotopic (exact) mass is 469 g/mol. The molecule has 6 nitrogen and oxygen atoms in total. The molecule has 2 aromatic carbocycles. The van der Waals surface area contributed by atoms with E-state index < -0.39 is 0 Å². The van der Waals surface area contributed by atoms with Gasteiger partial charge in [-0.1, -0.05) is 60.1 Å². The molecule has 0 aliphatic carbocycles. The normalized spacial score (nSPS) is 11.7. The molecule has 0 bridgehead atoms. The second-order valence-electron chi connectivity index (χ2n) is 8.21. The first-order valence-corrected chi connectivity index (χ1v) is 11.4. The van der Waals surface area contributed by atoms with Crippen LogP contribution in [0.2, 0.25) is 5.15 Å². The van der Waals surface area contributed by atoms with E-state index in [1.54, 1.807) is 16.8 Å². The number of para-hydroxylation sites is 2. The van der Waals surface area contributed by atoms with Crippen molar-refractivity contribution >= 4 is 40.1 Å². The second kappa shape index (κ2) is 8.80. The van der Waals surface area contributed by atoms with Gasteiger partial charge < -0.3 is 4.57 Å². The van der Waals surface area contributed by atoms with Gasteiger partial charge in [-0.15, -0.1) is 6.58 Å². The zero-order chi connectivity index (χ0) is 23.8.